The van der Waals surface area contributed by atoms with Crippen LogP contribution in [-0.2, 0) is 4.79 Å². The average molecular weight is 266 g/mol. The first-order valence-electron chi connectivity index (χ1n) is 3.88. The maximum absolute atomic E-state index is 11.0. The Balaban J connectivity index is 2.07. The third kappa shape index (κ3) is 1.38. The lowest BCUT2D eigenvalue weighted by molar-refractivity contribution is -0.119. The maximum atomic E-state index is 11.0. The molecule has 2 aliphatic rings. The Labute approximate surface area is 80.0 Å². The first-order chi connectivity index (χ1) is 5.20. The van der Waals surface area contributed by atoms with Gasteiger partial charge in [-0.15, -0.1) is 0 Å². The average Bonchev–Trinajstić information content (AvgIpc) is 2.44. The van der Waals surface area contributed by atoms with Crippen LogP contribution in [0.15, 0.2) is 0 Å². The van der Waals surface area contributed by atoms with Crippen LogP contribution in [0.3, 0.4) is 0 Å². The van der Waals surface area contributed by atoms with E-state index in [0.29, 0.717) is 0 Å². The molecular weight excluding hydrogens is 255 g/mol. The van der Waals surface area contributed by atoms with Crippen molar-refractivity contribution in [2.75, 3.05) is 19.6 Å². The van der Waals surface area contributed by atoms with Crippen LogP contribution in [-0.4, -0.2) is 28.7 Å². The van der Waals surface area contributed by atoms with Gasteiger partial charge in [-0.1, -0.05) is 0 Å². The molecule has 2 fully saturated rings. The van der Waals surface area contributed by atoms with Gasteiger partial charge < -0.3 is 5.32 Å². The van der Waals surface area contributed by atoms with E-state index in [0.717, 1.165) is 26.1 Å². The van der Waals surface area contributed by atoms with E-state index in [1.165, 1.54) is 6.42 Å². The maximum Gasteiger partial charge on any atom is 0.220 e. The Morgan fingerprint density at radius 3 is 2.91 bits per heavy atom. The second-order valence-electron chi connectivity index (χ2n) is 3.55. The van der Waals surface area contributed by atoms with Crippen LogP contribution in [0.25, 0.3) is 0 Å². The van der Waals surface area contributed by atoms with Gasteiger partial charge in [0, 0.05) is 54.3 Å². The molecule has 0 aromatic carbocycles. The summed E-state index contributed by atoms with van der Waals surface area (Å²) < 4.78 is 2.28. The van der Waals surface area contributed by atoms with E-state index in [4.69, 9.17) is 0 Å². The van der Waals surface area contributed by atoms with Gasteiger partial charge in [-0.25, -0.2) is 3.11 Å². The molecule has 1 N–H and O–H groups in total. The van der Waals surface area contributed by atoms with Gasteiger partial charge in [-0.2, -0.15) is 0 Å². The Hall–Kier alpha value is 0.160. The molecule has 0 aliphatic carbocycles. The number of carbonyl (C=O) groups is 1. The van der Waals surface area contributed by atoms with Gasteiger partial charge in [0.25, 0.3) is 0 Å². The van der Waals surface area contributed by atoms with E-state index < -0.39 is 0 Å². The quantitative estimate of drug-likeness (QED) is 0.513. The van der Waals surface area contributed by atoms with Crippen LogP contribution in [0.2, 0.25) is 0 Å². The van der Waals surface area contributed by atoms with Crippen LogP contribution in [0, 0.1) is 5.41 Å². The molecule has 1 atom stereocenters. The molecule has 0 aromatic heterocycles. The van der Waals surface area contributed by atoms with Crippen molar-refractivity contribution < 1.29 is 4.79 Å². The van der Waals surface area contributed by atoms with Gasteiger partial charge in [-0.05, 0) is 6.42 Å². The lowest BCUT2D eigenvalue weighted by atomic mass is 9.86. The van der Waals surface area contributed by atoms with E-state index in [1.807, 2.05) is 0 Å². The van der Waals surface area contributed by atoms with Gasteiger partial charge in [-0.3, -0.25) is 4.79 Å². The highest BCUT2D eigenvalue weighted by atomic mass is 127. The zero-order chi connectivity index (χ0) is 7.90. The normalized spacial score (nSPS) is 38.5. The summed E-state index contributed by atoms with van der Waals surface area (Å²) in [6.07, 6.45) is 1.92. The predicted molar refractivity (Wildman–Crippen MR) is 50.3 cm³/mol. The lowest BCUT2D eigenvalue weighted by Gasteiger charge is -2.18. The lowest BCUT2D eigenvalue weighted by Crippen LogP contribution is -2.25. The zero-order valence-electron chi connectivity index (χ0n) is 6.27. The summed E-state index contributed by atoms with van der Waals surface area (Å²) >= 11 is 2.33. The second-order valence-corrected chi connectivity index (χ2v) is 4.91. The summed E-state index contributed by atoms with van der Waals surface area (Å²) in [4.78, 5) is 11.0. The standard InChI is InChI=1S/C7H11IN2O/c8-10-2-1-7(5-10)3-6(11)9-4-7/h1-5H2,(H,9,11). The van der Waals surface area contributed by atoms with E-state index in [1.54, 1.807) is 0 Å². The Morgan fingerprint density at radius 1 is 1.64 bits per heavy atom. The Morgan fingerprint density at radius 2 is 2.45 bits per heavy atom. The minimum Gasteiger partial charge on any atom is -0.355 e. The van der Waals surface area contributed by atoms with E-state index in [9.17, 15) is 4.79 Å². The summed E-state index contributed by atoms with van der Waals surface area (Å²) in [5, 5.41) is 2.90. The number of nitrogens with one attached hydrogen (secondary N) is 1. The topological polar surface area (TPSA) is 32.3 Å². The first-order valence-corrected chi connectivity index (χ1v) is 4.84. The van der Waals surface area contributed by atoms with Crippen LogP contribution in [0.4, 0.5) is 0 Å². The molecule has 62 valence electrons. The molecule has 3 nitrogen and oxygen atoms in total. The Bertz CT molecular complexity index is 197. The highest BCUT2D eigenvalue weighted by Crippen LogP contribution is 2.37. The van der Waals surface area contributed by atoms with Gasteiger partial charge in [0.1, 0.15) is 0 Å². The summed E-state index contributed by atoms with van der Waals surface area (Å²) in [6, 6.07) is 0. The number of rotatable bonds is 0. The fraction of sp³-hybridized carbons (Fsp3) is 0.857. The van der Waals surface area contributed by atoms with Crippen molar-refractivity contribution in [3.8, 4) is 0 Å². The first kappa shape index (κ1) is 7.79. The summed E-state index contributed by atoms with van der Waals surface area (Å²) in [6.45, 7) is 3.10. The molecule has 1 amide bonds. The van der Waals surface area contributed by atoms with Crippen molar-refractivity contribution in [2.45, 2.75) is 12.8 Å². The van der Waals surface area contributed by atoms with Gasteiger partial charge in [0.2, 0.25) is 5.91 Å². The van der Waals surface area contributed by atoms with Crippen molar-refractivity contribution in [2.24, 2.45) is 5.41 Å². The molecule has 0 bridgehead atoms. The molecular formula is C7H11IN2O. The highest BCUT2D eigenvalue weighted by Gasteiger charge is 2.43. The summed E-state index contributed by atoms with van der Waals surface area (Å²) in [5.74, 6) is 0.233. The Kier molecular flexibility index (Phi) is 1.83. The molecule has 2 rings (SSSR count). The third-order valence-corrected chi connectivity index (χ3v) is 3.41. The van der Waals surface area contributed by atoms with Crippen LogP contribution in [0.5, 0.6) is 0 Å². The number of halogens is 1. The van der Waals surface area contributed by atoms with Gasteiger partial charge >= 0.3 is 0 Å². The molecule has 1 unspecified atom stereocenters. The minimum absolute atomic E-state index is 0.233. The molecule has 4 heteroatoms. The number of carbonyl (C=O) groups excluding carboxylic acids is 1. The van der Waals surface area contributed by atoms with Gasteiger partial charge in [0.05, 0.1) is 0 Å². The molecule has 0 aromatic rings. The fourth-order valence-electron chi connectivity index (χ4n) is 1.92. The van der Waals surface area contributed by atoms with E-state index >= 15 is 0 Å². The second kappa shape index (κ2) is 2.58. The van der Waals surface area contributed by atoms with Crippen molar-refractivity contribution in [3.63, 3.8) is 0 Å². The number of nitrogens with zero attached hydrogens (tertiary/aromatic N) is 1. The monoisotopic (exact) mass is 266 g/mol. The van der Waals surface area contributed by atoms with Gasteiger partial charge in [0.15, 0.2) is 0 Å². The molecule has 11 heavy (non-hydrogen) atoms. The minimum atomic E-state index is 0.233. The highest BCUT2D eigenvalue weighted by molar-refractivity contribution is 14.1. The molecule has 0 radical (unpaired) electrons. The van der Waals surface area contributed by atoms with Crippen LogP contribution < -0.4 is 5.32 Å². The van der Waals surface area contributed by atoms with Crippen molar-refractivity contribution >= 4 is 28.8 Å². The number of amides is 1. The number of hydrogen-bond acceptors (Lipinski definition) is 2. The fourth-order valence-corrected chi connectivity index (χ4v) is 2.89. The molecule has 2 saturated heterocycles. The third-order valence-electron chi connectivity index (χ3n) is 2.59. The molecule has 2 heterocycles. The largest absolute Gasteiger partial charge is 0.355 e. The van der Waals surface area contributed by atoms with Crippen molar-refractivity contribution in [3.05, 3.63) is 0 Å². The van der Waals surface area contributed by atoms with Crippen molar-refractivity contribution in [1.29, 1.82) is 0 Å². The molecule has 0 saturated carbocycles. The summed E-state index contributed by atoms with van der Waals surface area (Å²) in [7, 11) is 0. The van der Waals surface area contributed by atoms with Crippen LogP contribution in [0.1, 0.15) is 12.8 Å². The SMILES string of the molecule is O=C1CC2(CCN(I)C2)CN1. The smallest absolute Gasteiger partial charge is 0.220 e. The molecule has 1 spiro atoms. The van der Waals surface area contributed by atoms with E-state index in [-0.39, 0.29) is 11.3 Å². The zero-order valence-corrected chi connectivity index (χ0v) is 8.43. The summed E-state index contributed by atoms with van der Waals surface area (Å²) in [5.41, 5.74) is 0.290. The van der Waals surface area contributed by atoms with E-state index in [2.05, 4.69) is 31.3 Å². The number of hydrogen-bond donors (Lipinski definition) is 1. The van der Waals surface area contributed by atoms with Crippen molar-refractivity contribution in [1.82, 2.24) is 8.43 Å². The molecule has 2 aliphatic heterocycles. The van der Waals surface area contributed by atoms with Crippen LogP contribution >= 0.6 is 22.9 Å². The predicted octanol–water partition coefficient (Wildman–Crippen LogP) is 0.548.